The Morgan fingerprint density at radius 2 is 1.78 bits per heavy atom. The number of sulfonamides is 1. The van der Waals surface area contributed by atoms with Gasteiger partial charge >= 0.3 is 0 Å². The van der Waals surface area contributed by atoms with Crippen LogP contribution in [0.15, 0.2) is 17.0 Å². The molecule has 0 radical (unpaired) electrons. The molecule has 4 nitrogen and oxygen atoms in total. The first kappa shape index (κ1) is 15.0. The van der Waals surface area contributed by atoms with E-state index in [1.165, 1.54) is 0 Å². The highest BCUT2D eigenvalue weighted by Crippen LogP contribution is 2.23. The Bertz CT molecular complexity index is 528. The summed E-state index contributed by atoms with van der Waals surface area (Å²) < 4.78 is 52.2. The van der Waals surface area contributed by atoms with Gasteiger partial charge in [-0.3, -0.25) is 0 Å². The zero-order chi connectivity index (χ0) is 13.9. The maximum Gasteiger partial charge on any atom is 0.246 e. The minimum Gasteiger partial charge on any atom is -0.326 e. The second kappa shape index (κ2) is 5.73. The standard InChI is InChI=1S/C11H16F2N2O2S/c1-3-15(4-2)18(16,17)10-6-8(7-14)5-9(12)11(10)13/h5-6H,3-4,7,14H2,1-2H3. The largest absolute Gasteiger partial charge is 0.326 e. The van der Waals surface area contributed by atoms with Crippen molar-refractivity contribution in [3.8, 4) is 0 Å². The monoisotopic (exact) mass is 278 g/mol. The summed E-state index contributed by atoms with van der Waals surface area (Å²) in [6.45, 7) is 3.57. The summed E-state index contributed by atoms with van der Waals surface area (Å²) in [7, 11) is -4.02. The van der Waals surface area contributed by atoms with Crippen molar-refractivity contribution in [2.45, 2.75) is 25.3 Å². The van der Waals surface area contributed by atoms with Crippen LogP contribution in [-0.2, 0) is 16.6 Å². The van der Waals surface area contributed by atoms with Gasteiger partial charge in [-0.2, -0.15) is 4.31 Å². The summed E-state index contributed by atoms with van der Waals surface area (Å²) in [5.41, 5.74) is 5.56. The summed E-state index contributed by atoms with van der Waals surface area (Å²) in [5.74, 6) is -2.57. The Morgan fingerprint density at radius 3 is 2.22 bits per heavy atom. The highest BCUT2D eigenvalue weighted by atomic mass is 32.2. The summed E-state index contributed by atoms with van der Waals surface area (Å²) in [5, 5.41) is 0. The zero-order valence-corrected chi connectivity index (χ0v) is 11.1. The first-order chi connectivity index (χ1) is 8.38. The second-order valence-electron chi connectivity index (χ2n) is 3.68. The third-order valence-electron chi connectivity index (χ3n) is 2.61. The molecule has 0 fully saturated rings. The number of nitrogens with two attached hydrogens (primary N) is 1. The molecule has 0 bridgehead atoms. The third kappa shape index (κ3) is 2.68. The van der Waals surface area contributed by atoms with E-state index in [4.69, 9.17) is 5.73 Å². The van der Waals surface area contributed by atoms with Crippen LogP contribution in [0.25, 0.3) is 0 Å². The second-order valence-corrected chi connectivity index (χ2v) is 5.59. The molecule has 0 unspecified atom stereocenters. The van der Waals surface area contributed by atoms with Crippen LogP contribution in [0.3, 0.4) is 0 Å². The molecule has 2 N–H and O–H groups in total. The summed E-state index contributed by atoms with van der Waals surface area (Å²) in [4.78, 5) is -0.661. The Morgan fingerprint density at radius 1 is 1.22 bits per heavy atom. The number of hydrogen-bond acceptors (Lipinski definition) is 3. The van der Waals surface area contributed by atoms with E-state index in [-0.39, 0.29) is 25.2 Å². The minimum absolute atomic E-state index is 0.0576. The van der Waals surface area contributed by atoms with Gasteiger partial charge in [0.15, 0.2) is 11.6 Å². The average Bonchev–Trinajstić information content (AvgIpc) is 2.33. The van der Waals surface area contributed by atoms with Crippen LogP contribution in [0.5, 0.6) is 0 Å². The molecule has 0 aliphatic carbocycles. The van der Waals surface area contributed by atoms with E-state index in [9.17, 15) is 17.2 Å². The van der Waals surface area contributed by atoms with Gasteiger partial charge in [0.2, 0.25) is 10.0 Å². The number of hydrogen-bond donors (Lipinski definition) is 1. The Labute approximate surface area is 105 Å². The predicted molar refractivity (Wildman–Crippen MR) is 64.4 cm³/mol. The molecule has 0 atom stereocenters. The Balaban J connectivity index is 3.45. The van der Waals surface area contributed by atoms with Gasteiger partial charge in [-0.25, -0.2) is 17.2 Å². The highest BCUT2D eigenvalue weighted by molar-refractivity contribution is 7.89. The van der Waals surface area contributed by atoms with E-state index in [0.29, 0.717) is 0 Å². The van der Waals surface area contributed by atoms with E-state index in [0.717, 1.165) is 16.4 Å². The predicted octanol–water partition coefficient (Wildman–Crippen LogP) is 1.45. The quantitative estimate of drug-likeness (QED) is 0.886. The average molecular weight is 278 g/mol. The fraction of sp³-hybridized carbons (Fsp3) is 0.455. The molecule has 0 aliphatic rings. The van der Waals surface area contributed by atoms with Crippen LogP contribution in [0.1, 0.15) is 19.4 Å². The zero-order valence-electron chi connectivity index (χ0n) is 10.3. The minimum atomic E-state index is -4.02. The van der Waals surface area contributed by atoms with Crippen molar-refractivity contribution in [3.63, 3.8) is 0 Å². The van der Waals surface area contributed by atoms with Gasteiger partial charge in [0, 0.05) is 19.6 Å². The fourth-order valence-corrected chi connectivity index (χ4v) is 3.21. The normalized spacial score (nSPS) is 12.1. The molecule has 0 aliphatic heterocycles. The molecule has 1 aromatic carbocycles. The van der Waals surface area contributed by atoms with Gasteiger partial charge in [0.1, 0.15) is 4.90 Å². The van der Waals surface area contributed by atoms with Crippen molar-refractivity contribution < 1.29 is 17.2 Å². The Hall–Kier alpha value is -1.05. The fourth-order valence-electron chi connectivity index (χ4n) is 1.63. The molecule has 0 heterocycles. The number of rotatable bonds is 5. The van der Waals surface area contributed by atoms with E-state index < -0.39 is 26.6 Å². The van der Waals surface area contributed by atoms with Gasteiger partial charge in [0.05, 0.1) is 0 Å². The van der Waals surface area contributed by atoms with E-state index in [1.54, 1.807) is 13.8 Å². The van der Waals surface area contributed by atoms with Gasteiger partial charge in [-0.1, -0.05) is 13.8 Å². The van der Waals surface area contributed by atoms with E-state index in [1.807, 2.05) is 0 Å². The van der Waals surface area contributed by atoms with Crippen molar-refractivity contribution in [3.05, 3.63) is 29.3 Å². The molecule has 0 saturated heterocycles. The summed E-state index contributed by atoms with van der Waals surface area (Å²) >= 11 is 0. The molecule has 7 heteroatoms. The maximum absolute atomic E-state index is 13.6. The van der Waals surface area contributed by atoms with Gasteiger partial charge in [-0.05, 0) is 17.7 Å². The number of halogens is 2. The van der Waals surface area contributed by atoms with Gasteiger partial charge in [0.25, 0.3) is 0 Å². The summed E-state index contributed by atoms with van der Waals surface area (Å²) in [6.07, 6.45) is 0. The maximum atomic E-state index is 13.6. The molecule has 0 saturated carbocycles. The molecule has 1 aromatic rings. The smallest absolute Gasteiger partial charge is 0.246 e. The van der Waals surface area contributed by atoms with Crippen LogP contribution in [0.4, 0.5) is 8.78 Å². The van der Waals surface area contributed by atoms with Gasteiger partial charge < -0.3 is 5.73 Å². The lowest BCUT2D eigenvalue weighted by molar-refractivity contribution is 0.431. The van der Waals surface area contributed by atoms with Crippen molar-refractivity contribution in [1.82, 2.24) is 4.31 Å². The lowest BCUT2D eigenvalue weighted by Crippen LogP contribution is -2.31. The highest BCUT2D eigenvalue weighted by Gasteiger charge is 2.27. The number of nitrogens with zero attached hydrogens (tertiary/aromatic N) is 1. The number of benzene rings is 1. The van der Waals surface area contributed by atoms with Crippen LogP contribution in [-0.4, -0.2) is 25.8 Å². The first-order valence-corrected chi connectivity index (χ1v) is 7.00. The van der Waals surface area contributed by atoms with Gasteiger partial charge in [-0.15, -0.1) is 0 Å². The van der Waals surface area contributed by atoms with Crippen molar-refractivity contribution in [1.29, 1.82) is 0 Å². The van der Waals surface area contributed by atoms with Crippen LogP contribution in [0.2, 0.25) is 0 Å². The molecule has 102 valence electrons. The summed E-state index contributed by atoms with van der Waals surface area (Å²) in [6, 6.07) is 1.97. The first-order valence-electron chi connectivity index (χ1n) is 5.56. The van der Waals surface area contributed by atoms with Crippen molar-refractivity contribution in [2.75, 3.05) is 13.1 Å². The molecular formula is C11H16F2N2O2S. The molecule has 1 rings (SSSR count). The van der Waals surface area contributed by atoms with Crippen LogP contribution < -0.4 is 5.73 Å². The SMILES string of the molecule is CCN(CC)S(=O)(=O)c1cc(CN)cc(F)c1F. The lowest BCUT2D eigenvalue weighted by Gasteiger charge is -2.19. The van der Waals surface area contributed by atoms with Crippen LogP contribution >= 0.6 is 0 Å². The van der Waals surface area contributed by atoms with E-state index >= 15 is 0 Å². The lowest BCUT2D eigenvalue weighted by atomic mass is 10.2. The molecular weight excluding hydrogens is 262 g/mol. The van der Waals surface area contributed by atoms with Crippen LogP contribution in [0, 0.1) is 11.6 Å². The molecule has 0 spiro atoms. The topological polar surface area (TPSA) is 63.4 Å². The Kier molecular flexibility index (Phi) is 4.78. The van der Waals surface area contributed by atoms with Crippen molar-refractivity contribution in [2.24, 2.45) is 5.73 Å². The molecule has 18 heavy (non-hydrogen) atoms. The third-order valence-corrected chi connectivity index (χ3v) is 4.66. The van der Waals surface area contributed by atoms with E-state index in [2.05, 4.69) is 0 Å². The van der Waals surface area contributed by atoms with Crippen molar-refractivity contribution >= 4 is 10.0 Å². The molecule has 0 amide bonds. The molecule has 0 aromatic heterocycles.